The third-order valence-electron chi connectivity index (χ3n) is 9.39. The highest BCUT2D eigenvalue weighted by molar-refractivity contribution is 5.82. The number of unbranched alkanes of at least 4 members (excludes halogenated alkanes) is 12. The summed E-state index contributed by atoms with van der Waals surface area (Å²) in [6.07, 6.45) is 33.2. The van der Waals surface area contributed by atoms with E-state index in [2.05, 4.69) is 57.0 Å². The molecule has 0 aromatic heterocycles. The summed E-state index contributed by atoms with van der Waals surface area (Å²) in [6.45, 7) is 8.78. The van der Waals surface area contributed by atoms with Gasteiger partial charge in [-0.25, -0.2) is 9.59 Å². The first-order chi connectivity index (χ1) is 24.9. The van der Waals surface area contributed by atoms with Gasteiger partial charge in [0.2, 0.25) is 0 Å². The van der Waals surface area contributed by atoms with Crippen LogP contribution in [0.5, 0.6) is 0 Å². The smallest absolute Gasteiger partial charge is 0.465 e. The van der Waals surface area contributed by atoms with Gasteiger partial charge in [0.1, 0.15) is 19.8 Å². The first-order valence-corrected chi connectivity index (χ1v) is 20.7. The van der Waals surface area contributed by atoms with E-state index in [1.165, 1.54) is 38.5 Å². The van der Waals surface area contributed by atoms with Gasteiger partial charge in [-0.05, 0) is 90.6 Å². The van der Waals surface area contributed by atoms with E-state index >= 15 is 0 Å². The molecule has 1 aliphatic heterocycles. The Labute approximate surface area is 312 Å². The van der Waals surface area contributed by atoms with Crippen LogP contribution >= 0.6 is 0 Å². The summed E-state index contributed by atoms with van der Waals surface area (Å²) in [6, 6.07) is 0. The summed E-state index contributed by atoms with van der Waals surface area (Å²) < 4.78 is 22.0. The molecule has 0 bridgehead atoms. The molecule has 1 rings (SSSR count). The van der Waals surface area contributed by atoms with Gasteiger partial charge in [0, 0.05) is 25.0 Å². The quantitative estimate of drug-likeness (QED) is 0.0230. The first kappa shape index (κ1) is 46.4. The van der Waals surface area contributed by atoms with Crippen LogP contribution in [0.2, 0.25) is 0 Å². The standard InChI is InChI=1S/C43H75NO7/c1-5-8-11-13-14-15-16-17-18-19-20-21-22-23-25-30-41(45)48-35-40(37-51-43(47)50-34-39-29-26-31-44(4)33-39)36-49-42(46)32-38(27-10-7-3)28-24-12-9-6-2/h14-15,17-18,32,39-40H,5-13,16,19-31,33-37H2,1-4H3/b15-14-,18-17-,38-32-. The average Bonchev–Trinajstić information content (AvgIpc) is 3.12. The Hall–Kier alpha value is -2.61. The second-order valence-corrected chi connectivity index (χ2v) is 14.5. The monoisotopic (exact) mass is 718 g/mol. The highest BCUT2D eigenvalue weighted by Gasteiger charge is 2.21. The topological polar surface area (TPSA) is 91.4 Å². The highest BCUT2D eigenvalue weighted by Crippen LogP contribution is 2.18. The maximum absolute atomic E-state index is 12.8. The molecule has 0 radical (unpaired) electrons. The van der Waals surface area contributed by atoms with Crippen LogP contribution in [0.4, 0.5) is 4.79 Å². The summed E-state index contributed by atoms with van der Waals surface area (Å²) in [7, 11) is 2.07. The second kappa shape index (κ2) is 33.2. The fourth-order valence-corrected chi connectivity index (χ4v) is 6.19. The number of carbonyl (C=O) groups excluding carboxylic acids is 3. The molecule has 294 valence electrons. The Morgan fingerprint density at radius 1 is 0.667 bits per heavy atom. The third kappa shape index (κ3) is 28.6. The molecule has 0 aromatic rings. The molecular formula is C43H75NO7. The van der Waals surface area contributed by atoms with E-state index in [9.17, 15) is 14.4 Å². The minimum Gasteiger partial charge on any atom is -0.465 e. The van der Waals surface area contributed by atoms with Gasteiger partial charge in [-0.15, -0.1) is 0 Å². The number of rotatable bonds is 31. The molecule has 8 nitrogen and oxygen atoms in total. The van der Waals surface area contributed by atoms with Crippen LogP contribution in [0.1, 0.15) is 162 Å². The Balaban J connectivity index is 2.47. The van der Waals surface area contributed by atoms with E-state index in [1.807, 2.05) is 0 Å². The van der Waals surface area contributed by atoms with Crippen molar-refractivity contribution in [2.24, 2.45) is 11.8 Å². The van der Waals surface area contributed by atoms with E-state index < -0.39 is 18.0 Å². The number of allylic oxidation sites excluding steroid dienone is 5. The summed E-state index contributed by atoms with van der Waals surface area (Å²) in [5.41, 5.74) is 1.12. The van der Waals surface area contributed by atoms with Gasteiger partial charge in [0.25, 0.3) is 0 Å². The fourth-order valence-electron chi connectivity index (χ4n) is 6.19. The van der Waals surface area contributed by atoms with Crippen molar-refractivity contribution in [3.8, 4) is 0 Å². The average molecular weight is 718 g/mol. The maximum Gasteiger partial charge on any atom is 0.508 e. The van der Waals surface area contributed by atoms with Crippen molar-refractivity contribution in [2.45, 2.75) is 162 Å². The summed E-state index contributed by atoms with van der Waals surface area (Å²) in [5.74, 6) is -0.872. The van der Waals surface area contributed by atoms with Crippen molar-refractivity contribution in [1.29, 1.82) is 0 Å². The van der Waals surface area contributed by atoms with Gasteiger partial charge in [-0.1, -0.05) is 108 Å². The van der Waals surface area contributed by atoms with E-state index in [0.717, 1.165) is 115 Å². The molecule has 1 heterocycles. The molecule has 2 unspecified atom stereocenters. The minimum absolute atomic E-state index is 0.0100. The van der Waals surface area contributed by atoms with Crippen LogP contribution in [-0.2, 0) is 28.5 Å². The predicted molar refractivity (Wildman–Crippen MR) is 209 cm³/mol. The lowest BCUT2D eigenvalue weighted by Crippen LogP contribution is -2.35. The van der Waals surface area contributed by atoms with Crippen molar-refractivity contribution in [2.75, 3.05) is 46.6 Å². The second-order valence-electron chi connectivity index (χ2n) is 14.5. The number of likely N-dealkylation sites (tertiary alicyclic amines) is 1. The molecule has 0 saturated carbocycles. The Kier molecular flexibility index (Phi) is 30.2. The number of hydrogen-bond acceptors (Lipinski definition) is 8. The number of ether oxygens (including phenoxy) is 4. The zero-order valence-corrected chi connectivity index (χ0v) is 33.1. The van der Waals surface area contributed by atoms with Gasteiger partial charge in [-0.2, -0.15) is 0 Å². The van der Waals surface area contributed by atoms with Crippen LogP contribution in [0.25, 0.3) is 0 Å². The molecule has 0 spiro atoms. The number of nitrogens with zero attached hydrogens (tertiary/aromatic N) is 1. The highest BCUT2D eigenvalue weighted by atomic mass is 16.7. The van der Waals surface area contributed by atoms with E-state index in [4.69, 9.17) is 18.9 Å². The lowest BCUT2D eigenvalue weighted by atomic mass is 10.00. The molecule has 0 aromatic carbocycles. The van der Waals surface area contributed by atoms with Crippen LogP contribution in [0.15, 0.2) is 36.0 Å². The predicted octanol–water partition coefficient (Wildman–Crippen LogP) is 11.1. The van der Waals surface area contributed by atoms with E-state index in [-0.39, 0.29) is 25.8 Å². The molecule has 8 heteroatoms. The SMILES string of the molecule is CCCCC/C=C\C/C=C\CCCCCCCC(=O)OCC(COC(=O)/C=C(/CCCC)CCCCCC)COC(=O)OCC1CCCN(C)C1. The molecule has 0 aliphatic carbocycles. The molecule has 2 atom stereocenters. The molecule has 0 amide bonds. The number of esters is 2. The first-order valence-electron chi connectivity index (χ1n) is 20.7. The largest absolute Gasteiger partial charge is 0.508 e. The van der Waals surface area contributed by atoms with Crippen molar-refractivity contribution >= 4 is 18.1 Å². The zero-order valence-electron chi connectivity index (χ0n) is 33.1. The van der Waals surface area contributed by atoms with Crippen LogP contribution in [0.3, 0.4) is 0 Å². The minimum atomic E-state index is -0.746. The summed E-state index contributed by atoms with van der Waals surface area (Å²) >= 11 is 0. The fraction of sp³-hybridized carbons (Fsp3) is 0.791. The molecule has 1 aliphatic rings. The molecule has 0 N–H and O–H groups in total. The summed E-state index contributed by atoms with van der Waals surface area (Å²) in [4.78, 5) is 40.0. The van der Waals surface area contributed by atoms with E-state index in [0.29, 0.717) is 18.9 Å². The molecule has 51 heavy (non-hydrogen) atoms. The van der Waals surface area contributed by atoms with E-state index in [1.54, 1.807) is 6.08 Å². The lowest BCUT2D eigenvalue weighted by molar-refractivity contribution is -0.148. The number of carbonyl (C=O) groups is 3. The lowest BCUT2D eigenvalue weighted by Gasteiger charge is -2.29. The van der Waals surface area contributed by atoms with Crippen molar-refractivity contribution in [3.63, 3.8) is 0 Å². The van der Waals surface area contributed by atoms with Crippen molar-refractivity contribution in [1.82, 2.24) is 4.90 Å². The Morgan fingerprint density at radius 3 is 1.98 bits per heavy atom. The van der Waals surface area contributed by atoms with Gasteiger partial charge in [0.15, 0.2) is 0 Å². The molecule has 1 saturated heterocycles. The third-order valence-corrected chi connectivity index (χ3v) is 9.39. The van der Waals surface area contributed by atoms with Crippen molar-refractivity contribution < 1.29 is 33.3 Å². The maximum atomic E-state index is 12.8. The van der Waals surface area contributed by atoms with Crippen molar-refractivity contribution in [3.05, 3.63) is 36.0 Å². The van der Waals surface area contributed by atoms with Gasteiger partial charge < -0.3 is 23.8 Å². The molecule has 1 fully saturated rings. The normalized spacial score (nSPS) is 16.1. The zero-order chi connectivity index (χ0) is 37.2. The van der Waals surface area contributed by atoms with Gasteiger partial charge in [-0.3, -0.25) is 4.79 Å². The Morgan fingerprint density at radius 2 is 1.25 bits per heavy atom. The van der Waals surface area contributed by atoms with Crippen LogP contribution in [-0.4, -0.2) is 69.6 Å². The summed E-state index contributed by atoms with van der Waals surface area (Å²) in [5, 5.41) is 0. The van der Waals surface area contributed by atoms with Crippen LogP contribution < -0.4 is 0 Å². The number of piperidine rings is 1. The van der Waals surface area contributed by atoms with Gasteiger partial charge >= 0.3 is 18.1 Å². The van der Waals surface area contributed by atoms with Crippen LogP contribution in [0, 0.1) is 11.8 Å². The molecular weight excluding hydrogens is 642 g/mol. The Bertz CT molecular complexity index is 975. The number of hydrogen-bond donors (Lipinski definition) is 0. The van der Waals surface area contributed by atoms with Gasteiger partial charge in [0.05, 0.1) is 12.5 Å².